The molecule has 0 radical (unpaired) electrons. The second-order valence-electron chi connectivity index (χ2n) is 4.78. The number of ether oxygens (including phenoxy) is 1. The molecule has 5 heteroatoms. The fraction of sp³-hybridized carbons (Fsp3) is 0.917. The maximum absolute atomic E-state index is 12.2. The molecule has 0 aromatic heterocycles. The summed E-state index contributed by atoms with van der Waals surface area (Å²) in [6.45, 7) is 1.30. The van der Waals surface area contributed by atoms with Gasteiger partial charge in [-0.3, -0.25) is 4.79 Å². The van der Waals surface area contributed by atoms with Crippen LogP contribution in [0.15, 0.2) is 0 Å². The van der Waals surface area contributed by atoms with Crippen molar-refractivity contribution in [3.8, 4) is 0 Å². The number of hydrogen-bond donors (Lipinski definition) is 2. The predicted molar refractivity (Wildman–Crippen MR) is 65.5 cm³/mol. The number of carbonyl (C=O) groups excluding carboxylic acids is 1. The molecule has 1 fully saturated rings. The van der Waals surface area contributed by atoms with E-state index in [1.807, 2.05) is 0 Å². The first-order chi connectivity index (χ1) is 8.10. The minimum absolute atomic E-state index is 0.0124. The zero-order valence-electron chi connectivity index (χ0n) is 10.7. The number of aliphatic hydroxyl groups excluding tert-OH is 1. The van der Waals surface area contributed by atoms with Crippen LogP contribution in [0.2, 0.25) is 0 Å². The fourth-order valence-electron chi connectivity index (χ4n) is 2.25. The van der Waals surface area contributed by atoms with Gasteiger partial charge in [0.05, 0.1) is 25.4 Å². The van der Waals surface area contributed by atoms with Crippen molar-refractivity contribution in [1.29, 1.82) is 0 Å². The number of aliphatic hydroxyl groups is 1. The van der Waals surface area contributed by atoms with Crippen LogP contribution in [0.3, 0.4) is 0 Å². The minimum Gasteiger partial charge on any atom is -0.394 e. The molecule has 5 nitrogen and oxygen atoms in total. The summed E-state index contributed by atoms with van der Waals surface area (Å²) in [5.41, 5.74) is 5.50. The van der Waals surface area contributed by atoms with Crippen LogP contribution in [0, 0.1) is 0 Å². The first kappa shape index (κ1) is 14.4. The molecule has 1 saturated carbocycles. The van der Waals surface area contributed by atoms with Crippen LogP contribution >= 0.6 is 0 Å². The Labute approximate surface area is 103 Å². The van der Waals surface area contributed by atoms with E-state index in [-0.39, 0.29) is 12.5 Å². The number of amides is 1. The highest BCUT2D eigenvalue weighted by Crippen LogP contribution is 2.27. The van der Waals surface area contributed by atoms with Gasteiger partial charge in [0, 0.05) is 13.6 Å². The van der Waals surface area contributed by atoms with Crippen molar-refractivity contribution < 1.29 is 14.6 Å². The molecule has 0 aliphatic heterocycles. The first-order valence-corrected chi connectivity index (χ1v) is 6.33. The molecule has 0 bridgehead atoms. The molecule has 3 N–H and O–H groups in total. The van der Waals surface area contributed by atoms with Gasteiger partial charge in [-0.25, -0.2) is 0 Å². The number of carbonyl (C=O) groups is 1. The van der Waals surface area contributed by atoms with E-state index in [9.17, 15) is 4.79 Å². The summed E-state index contributed by atoms with van der Waals surface area (Å²) in [5.74, 6) is 0.0183. The minimum atomic E-state index is -0.663. The predicted octanol–water partition coefficient (Wildman–Crippen LogP) is 0.115. The molecule has 0 heterocycles. The van der Waals surface area contributed by atoms with Crippen LogP contribution in [-0.2, 0) is 9.53 Å². The molecular formula is C12H24N2O3. The largest absolute Gasteiger partial charge is 0.394 e. The molecule has 0 saturated heterocycles. The second kappa shape index (κ2) is 6.93. The molecule has 0 atom stereocenters. The second-order valence-corrected chi connectivity index (χ2v) is 4.78. The standard InChI is InChI=1S/C12H24N2O3/c1-14(7-9-17-10-8-15)11(16)12(13)5-3-2-4-6-12/h15H,2-10,13H2,1H3. The van der Waals surface area contributed by atoms with E-state index in [4.69, 9.17) is 15.6 Å². The van der Waals surface area contributed by atoms with Gasteiger partial charge >= 0.3 is 0 Å². The average Bonchev–Trinajstić information content (AvgIpc) is 2.34. The molecule has 100 valence electrons. The van der Waals surface area contributed by atoms with Crippen molar-refractivity contribution in [2.75, 3.05) is 33.4 Å². The lowest BCUT2D eigenvalue weighted by molar-refractivity contribution is -0.137. The highest BCUT2D eigenvalue weighted by molar-refractivity contribution is 5.86. The number of nitrogens with two attached hydrogens (primary N) is 1. The van der Waals surface area contributed by atoms with Crippen molar-refractivity contribution in [2.24, 2.45) is 5.73 Å². The van der Waals surface area contributed by atoms with E-state index in [0.717, 1.165) is 25.7 Å². The Morgan fingerprint density at radius 1 is 1.35 bits per heavy atom. The maximum atomic E-state index is 12.2. The lowest BCUT2D eigenvalue weighted by Crippen LogP contribution is -2.55. The summed E-state index contributed by atoms with van der Waals surface area (Å²) in [7, 11) is 1.76. The SMILES string of the molecule is CN(CCOCCO)C(=O)C1(N)CCCCC1. The smallest absolute Gasteiger partial charge is 0.242 e. The van der Waals surface area contributed by atoms with E-state index < -0.39 is 5.54 Å². The summed E-state index contributed by atoms with van der Waals surface area (Å²) in [5, 5.41) is 8.56. The Bertz CT molecular complexity index is 240. The summed E-state index contributed by atoms with van der Waals surface area (Å²) < 4.78 is 5.14. The zero-order chi connectivity index (χ0) is 12.7. The van der Waals surface area contributed by atoms with E-state index in [1.54, 1.807) is 11.9 Å². The van der Waals surface area contributed by atoms with Gasteiger partial charge in [-0.1, -0.05) is 19.3 Å². The molecule has 1 amide bonds. The highest BCUT2D eigenvalue weighted by atomic mass is 16.5. The summed E-state index contributed by atoms with van der Waals surface area (Å²) in [6, 6.07) is 0. The van der Waals surface area contributed by atoms with Crippen molar-refractivity contribution in [3.63, 3.8) is 0 Å². The monoisotopic (exact) mass is 244 g/mol. The molecular weight excluding hydrogens is 220 g/mol. The third-order valence-electron chi connectivity index (χ3n) is 3.33. The third kappa shape index (κ3) is 4.26. The topological polar surface area (TPSA) is 75.8 Å². The normalized spacial score (nSPS) is 19.0. The lowest BCUT2D eigenvalue weighted by atomic mass is 9.81. The van der Waals surface area contributed by atoms with E-state index in [2.05, 4.69) is 0 Å². The van der Waals surface area contributed by atoms with Gasteiger partial charge in [0.1, 0.15) is 0 Å². The quantitative estimate of drug-likeness (QED) is 0.651. The Morgan fingerprint density at radius 2 is 2.00 bits per heavy atom. The Morgan fingerprint density at radius 3 is 2.59 bits per heavy atom. The lowest BCUT2D eigenvalue weighted by Gasteiger charge is -2.35. The van der Waals surface area contributed by atoms with E-state index in [0.29, 0.717) is 19.8 Å². The van der Waals surface area contributed by atoms with Crippen LogP contribution in [-0.4, -0.2) is 54.9 Å². The van der Waals surface area contributed by atoms with Crippen LogP contribution < -0.4 is 5.73 Å². The van der Waals surface area contributed by atoms with Crippen LogP contribution in [0.1, 0.15) is 32.1 Å². The summed E-state index contributed by atoms with van der Waals surface area (Å²) >= 11 is 0. The molecule has 1 aliphatic carbocycles. The van der Waals surface area contributed by atoms with Crippen molar-refractivity contribution in [1.82, 2.24) is 4.90 Å². The van der Waals surface area contributed by atoms with Crippen LogP contribution in [0.25, 0.3) is 0 Å². The Kier molecular flexibility index (Phi) is 5.88. The molecule has 1 rings (SSSR count). The van der Waals surface area contributed by atoms with Crippen molar-refractivity contribution >= 4 is 5.91 Å². The number of nitrogens with zero attached hydrogens (tertiary/aromatic N) is 1. The molecule has 17 heavy (non-hydrogen) atoms. The van der Waals surface area contributed by atoms with Crippen LogP contribution in [0.5, 0.6) is 0 Å². The van der Waals surface area contributed by atoms with Crippen molar-refractivity contribution in [2.45, 2.75) is 37.6 Å². The number of hydrogen-bond acceptors (Lipinski definition) is 4. The fourth-order valence-corrected chi connectivity index (χ4v) is 2.25. The molecule has 0 spiro atoms. The summed E-state index contributed by atoms with van der Waals surface area (Å²) in [6.07, 6.45) is 4.82. The Hall–Kier alpha value is -0.650. The first-order valence-electron chi connectivity index (χ1n) is 6.33. The molecule has 1 aliphatic rings. The van der Waals surface area contributed by atoms with Gasteiger partial charge in [-0.05, 0) is 12.8 Å². The number of rotatable bonds is 6. The van der Waals surface area contributed by atoms with Crippen molar-refractivity contribution in [3.05, 3.63) is 0 Å². The molecule has 0 unspecified atom stereocenters. The molecule has 0 aromatic rings. The number of likely N-dealkylation sites (N-methyl/N-ethyl adjacent to an activating group) is 1. The van der Waals surface area contributed by atoms with Gasteiger partial charge in [-0.15, -0.1) is 0 Å². The molecule has 0 aromatic carbocycles. The maximum Gasteiger partial charge on any atom is 0.242 e. The van der Waals surface area contributed by atoms with E-state index >= 15 is 0 Å². The Balaban J connectivity index is 2.34. The van der Waals surface area contributed by atoms with Gasteiger partial charge in [0.25, 0.3) is 0 Å². The summed E-state index contributed by atoms with van der Waals surface area (Å²) in [4.78, 5) is 13.8. The van der Waals surface area contributed by atoms with Gasteiger partial charge < -0.3 is 20.5 Å². The third-order valence-corrected chi connectivity index (χ3v) is 3.33. The van der Waals surface area contributed by atoms with Gasteiger partial charge in [0.2, 0.25) is 5.91 Å². The van der Waals surface area contributed by atoms with Gasteiger partial charge in [0.15, 0.2) is 0 Å². The average molecular weight is 244 g/mol. The highest BCUT2D eigenvalue weighted by Gasteiger charge is 2.36. The van der Waals surface area contributed by atoms with E-state index in [1.165, 1.54) is 6.42 Å². The van der Waals surface area contributed by atoms with Crippen LogP contribution in [0.4, 0.5) is 0 Å². The zero-order valence-corrected chi connectivity index (χ0v) is 10.7. The van der Waals surface area contributed by atoms with Gasteiger partial charge in [-0.2, -0.15) is 0 Å².